The van der Waals surface area contributed by atoms with Crippen molar-refractivity contribution in [2.24, 2.45) is 5.84 Å². The Morgan fingerprint density at radius 3 is 2.33 bits per heavy atom. The maximum absolute atomic E-state index is 12.2. The van der Waals surface area contributed by atoms with Gasteiger partial charge in [0.05, 0.1) is 5.69 Å². The van der Waals surface area contributed by atoms with Crippen molar-refractivity contribution in [3.8, 4) is 0 Å². The largest absolute Gasteiger partial charge is 0.446 e. The van der Waals surface area contributed by atoms with Gasteiger partial charge >= 0.3 is 5.51 Å². The maximum Gasteiger partial charge on any atom is 0.446 e. The van der Waals surface area contributed by atoms with E-state index in [4.69, 9.17) is 5.84 Å². The standard InChI is InChI=1S/C8H9F3N2S2/c1-14-5-3-2-4-6(7(5)13-12)15-8(9,10)11/h2-4,13H,12H2,1H3. The van der Waals surface area contributed by atoms with Crippen molar-refractivity contribution in [1.82, 2.24) is 0 Å². The van der Waals surface area contributed by atoms with Crippen molar-refractivity contribution in [2.75, 3.05) is 11.7 Å². The third kappa shape index (κ3) is 3.51. The first-order chi connectivity index (χ1) is 6.98. The molecule has 0 saturated heterocycles. The van der Waals surface area contributed by atoms with E-state index in [0.717, 1.165) is 0 Å². The van der Waals surface area contributed by atoms with Gasteiger partial charge in [0.15, 0.2) is 0 Å². The lowest BCUT2D eigenvalue weighted by Gasteiger charge is -2.13. The zero-order chi connectivity index (χ0) is 11.5. The molecule has 0 radical (unpaired) electrons. The highest BCUT2D eigenvalue weighted by Gasteiger charge is 2.30. The summed E-state index contributed by atoms with van der Waals surface area (Å²) in [5.74, 6) is 5.20. The molecule has 3 N–H and O–H groups in total. The molecule has 0 aliphatic rings. The maximum atomic E-state index is 12.2. The van der Waals surface area contributed by atoms with Gasteiger partial charge in [0.2, 0.25) is 0 Å². The van der Waals surface area contributed by atoms with Crippen LogP contribution in [0.1, 0.15) is 0 Å². The number of hydrogen-bond donors (Lipinski definition) is 2. The number of nitrogen functional groups attached to an aromatic ring is 1. The van der Waals surface area contributed by atoms with Crippen LogP contribution in [0.2, 0.25) is 0 Å². The number of para-hydroxylation sites is 1. The van der Waals surface area contributed by atoms with Gasteiger partial charge in [0.1, 0.15) is 0 Å². The summed E-state index contributed by atoms with van der Waals surface area (Å²) < 4.78 is 36.5. The van der Waals surface area contributed by atoms with Gasteiger partial charge < -0.3 is 5.43 Å². The molecule has 1 aromatic carbocycles. The molecule has 0 unspecified atom stereocenters. The highest BCUT2D eigenvalue weighted by atomic mass is 32.2. The van der Waals surface area contributed by atoms with E-state index < -0.39 is 5.51 Å². The minimum Gasteiger partial charge on any atom is -0.322 e. The molecule has 0 fully saturated rings. The Bertz CT molecular complexity index is 341. The van der Waals surface area contributed by atoms with Crippen LogP contribution in [0, 0.1) is 0 Å². The Hall–Kier alpha value is -0.530. The van der Waals surface area contributed by atoms with E-state index in [2.05, 4.69) is 5.43 Å². The van der Waals surface area contributed by atoms with E-state index in [1.807, 2.05) is 0 Å². The van der Waals surface area contributed by atoms with Gasteiger partial charge in [-0.25, -0.2) is 0 Å². The predicted molar refractivity (Wildman–Crippen MR) is 57.9 cm³/mol. The normalized spacial score (nSPS) is 11.5. The van der Waals surface area contributed by atoms with Gasteiger partial charge in [0, 0.05) is 9.79 Å². The van der Waals surface area contributed by atoms with Crippen LogP contribution in [0.3, 0.4) is 0 Å². The number of alkyl halides is 3. The monoisotopic (exact) mass is 254 g/mol. The molecule has 0 atom stereocenters. The van der Waals surface area contributed by atoms with Crippen LogP contribution in [0.5, 0.6) is 0 Å². The first kappa shape index (κ1) is 12.5. The molecule has 0 saturated carbocycles. The Morgan fingerprint density at radius 2 is 1.87 bits per heavy atom. The van der Waals surface area contributed by atoms with Gasteiger partial charge in [-0.15, -0.1) is 11.8 Å². The molecule has 0 bridgehead atoms. The summed E-state index contributed by atoms with van der Waals surface area (Å²) in [5, 5.41) is 0. The van der Waals surface area contributed by atoms with Gasteiger partial charge in [0.25, 0.3) is 0 Å². The number of nitrogens with two attached hydrogens (primary N) is 1. The van der Waals surface area contributed by atoms with Gasteiger partial charge in [-0.3, -0.25) is 5.84 Å². The molecule has 1 rings (SSSR count). The summed E-state index contributed by atoms with van der Waals surface area (Å²) in [5.41, 5.74) is -1.69. The molecule has 0 spiro atoms. The van der Waals surface area contributed by atoms with Crippen molar-refractivity contribution in [1.29, 1.82) is 0 Å². The number of nitrogens with one attached hydrogen (secondary N) is 1. The molecule has 2 nitrogen and oxygen atoms in total. The fourth-order valence-corrected chi connectivity index (χ4v) is 2.35. The van der Waals surface area contributed by atoms with Crippen LogP contribution < -0.4 is 11.3 Å². The van der Waals surface area contributed by atoms with Gasteiger partial charge in [-0.1, -0.05) is 6.07 Å². The topological polar surface area (TPSA) is 38.0 Å². The third-order valence-electron chi connectivity index (χ3n) is 1.58. The number of hydrogen-bond acceptors (Lipinski definition) is 4. The van der Waals surface area contributed by atoms with Gasteiger partial charge in [-0.05, 0) is 30.2 Å². The van der Waals surface area contributed by atoms with Crippen molar-refractivity contribution in [2.45, 2.75) is 15.3 Å². The van der Waals surface area contributed by atoms with Crippen LogP contribution in [0.15, 0.2) is 28.0 Å². The number of anilines is 1. The first-order valence-corrected chi connectivity index (χ1v) is 5.91. The predicted octanol–water partition coefficient (Wildman–Crippen LogP) is 3.31. The Kier molecular flexibility index (Phi) is 4.18. The second kappa shape index (κ2) is 5.00. The van der Waals surface area contributed by atoms with E-state index in [0.29, 0.717) is 10.6 Å². The van der Waals surface area contributed by atoms with E-state index in [9.17, 15) is 13.2 Å². The molecule has 7 heteroatoms. The molecule has 0 heterocycles. The molecule has 0 aromatic heterocycles. The lowest BCUT2D eigenvalue weighted by Crippen LogP contribution is -2.10. The van der Waals surface area contributed by atoms with E-state index in [-0.39, 0.29) is 16.7 Å². The lowest BCUT2D eigenvalue weighted by molar-refractivity contribution is -0.0328. The van der Waals surface area contributed by atoms with Crippen molar-refractivity contribution >= 4 is 29.2 Å². The Labute approximate surface area is 93.8 Å². The summed E-state index contributed by atoms with van der Waals surface area (Å²) in [6, 6.07) is 4.66. The summed E-state index contributed by atoms with van der Waals surface area (Å²) in [6.07, 6.45) is 1.78. The van der Waals surface area contributed by atoms with Gasteiger partial charge in [-0.2, -0.15) is 13.2 Å². The van der Waals surface area contributed by atoms with E-state index >= 15 is 0 Å². The van der Waals surface area contributed by atoms with Crippen LogP contribution in [-0.2, 0) is 0 Å². The van der Waals surface area contributed by atoms with Crippen molar-refractivity contribution in [3.63, 3.8) is 0 Å². The Morgan fingerprint density at radius 1 is 1.27 bits per heavy atom. The summed E-state index contributed by atoms with van der Waals surface area (Å²) in [6.45, 7) is 0. The second-order valence-corrected chi connectivity index (χ2v) is 4.48. The van der Waals surface area contributed by atoms with Crippen LogP contribution >= 0.6 is 23.5 Å². The molecule has 84 valence electrons. The molecular weight excluding hydrogens is 245 g/mol. The average molecular weight is 254 g/mol. The third-order valence-corrected chi connectivity index (χ3v) is 3.15. The van der Waals surface area contributed by atoms with Crippen LogP contribution in [-0.4, -0.2) is 11.8 Å². The highest BCUT2D eigenvalue weighted by Crippen LogP contribution is 2.42. The zero-order valence-corrected chi connectivity index (χ0v) is 9.39. The molecule has 0 aliphatic carbocycles. The zero-order valence-electron chi connectivity index (χ0n) is 7.76. The van der Waals surface area contributed by atoms with E-state index in [1.165, 1.54) is 17.8 Å². The number of rotatable bonds is 3. The van der Waals surface area contributed by atoms with Crippen molar-refractivity contribution in [3.05, 3.63) is 18.2 Å². The fraction of sp³-hybridized carbons (Fsp3) is 0.250. The highest BCUT2D eigenvalue weighted by molar-refractivity contribution is 8.00. The quantitative estimate of drug-likeness (QED) is 0.493. The second-order valence-electron chi connectivity index (χ2n) is 2.53. The number of halogens is 3. The molecular formula is C8H9F3N2S2. The lowest BCUT2D eigenvalue weighted by atomic mass is 10.3. The summed E-state index contributed by atoms with van der Waals surface area (Å²) in [7, 11) is 0. The smallest absolute Gasteiger partial charge is 0.322 e. The molecule has 15 heavy (non-hydrogen) atoms. The minimum absolute atomic E-state index is 0.0804. The molecule has 0 amide bonds. The summed E-state index contributed by atoms with van der Waals surface area (Å²) >= 11 is 1.16. The molecule has 1 aromatic rings. The fourth-order valence-electron chi connectivity index (χ4n) is 1.03. The molecule has 0 aliphatic heterocycles. The SMILES string of the molecule is CSc1cccc(SC(F)(F)F)c1NN. The first-order valence-electron chi connectivity index (χ1n) is 3.87. The number of benzene rings is 1. The minimum atomic E-state index is -4.30. The summed E-state index contributed by atoms with van der Waals surface area (Å²) in [4.78, 5) is 0.767. The Balaban J connectivity index is 3.06. The number of thioether (sulfide) groups is 2. The van der Waals surface area contributed by atoms with E-state index in [1.54, 1.807) is 18.4 Å². The van der Waals surface area contributed by atoms with Crippen LogP contribution in [0.25, 0.3) is 0 Å². The van der Waals surface area contributed by atoms with Crippen LogP contribution in [0.4, 0.5) is 18.9 Å². The number of hydrazine groups is 1. The average Bonchev–Trinajstić information content (AvgIpc) is 2.15. The van der Waals surface area contributed by atoms with Crippen molar-refractivity contribution < 1.29 is 13.2 Å².